The molecule has 8 heteroatoms. The Morgan fingerprint density at radius 3 is 2.81 bits per heavy atom. The lowest BCUT2D eigenvalue weighted by atomic mass is 9.96. The summed E-state index contributed by atoms with van der Waals surface area (Å²) in [7, 11) is 1.62. The van der Waals surface area contributed by atoms with Gasteiger partial charge in [0.1, 0.15) is 5.82 Å². The minimum absolute atomic E-state index is 0.0301. The number of hydrogen-bond acceptors (Lipinski definition) is 6. The zero-order valence-electron chi connectivity index (χ0n) is 15.3. The van der Waals surface area contributed by atoms with Gasteiger partial charge in [0.2, 0.25) is 11.9 Å². The lowest BCUT2D eigenvalue weighted by Gasteiger charge is -2.31. The molecule has 1 amide bonds. The number of rotatable bonds is 7. The molecule has 144 valence electrons. The molecule has 1 saturated heterocycles. The Kier molecular flexibility index (Phi) is 6.84. The molecule has 0 aliphatic carbocycles. The summed E-state index contributed by atoms with van der Waals surface area (Å²) in [5, 5.41) is 6.77. The molecule has 2 heterocycles. The lowest BCUT2D eigenvalue weighted by molar-refractivity contribution is -0.125. The normalized spacial score (nSPS) is 14.8. The molecule has 0 saturated carbocycles. The van der Waals surface area contributed by atoms with Gasteiger partial charge < -0.3 is 20.3 Å². The zero-order chi connectivity index (χ0) is 19.1. The van der Waals surface area contributed by atoms with Crippen LogP contribution < -0.4 is 15.5 Å². The summed E-state index contributed by atoms with van der Waals surface area (Å²) in [5.41, 5.74) is 0.801. The first-order valence-electron chi connectivity index (χ1n) is 9.03. The average Bonchev–Trinajstić information content (AvgIpc) is 2.70. The summed E-state index contributed by atoms with van der Waals surface area (Å²) in [6.45, 7) is 2.58. The van der Waals surface area contributed by atoms with E-state index in [4.69, 9.17) is 16.3 Å². The summed E-state index contributed by atoms with van der Waals surface area (Å²) in [6.07, 6.45) is 3.29. The molecule has 1 aromatic carbocycles. The molecule has 0 atom stereocenters. The zero-order valence-corrected chi connectivity index (χ0v) is 16.1. The highest BCUT2D eigenvalue weighted by molar-refractivity contribution is 6.33. The molecule has 1 fully saturated rings. The standard InChI is InChI=1S/C19H24ClN5O2/c1-27-13-10-21-18(26)14-7-11-25(12-8-14)19-22-9-6-17(24-19)23-16-5-3-2-4-15(16)20/h2-6,9,14H,7-8,10-13H2,1H3,(H,21,26)(H,22,23,24). The summed E-state index contributed by atoms with van der Waals surface area (Å²) >= 11 is 6.19. The van der Waals surface area contributed by atoms with E-state index >= 15 is 0 Å². The number of amides is 1. The molecule has 0 radical (unpaired) electrons. The number of halogens is 1. The minimum Gasteiger partial charge on any atom is -0.383 e. The largest absolute Gasteiger partial charge is 0.383 e. The van der Waals surface area contributed by atoms with Crippen LogP contribution >= 0.6 is 11.6 Å². The van der Waals surface area contributed by atoms with E-state index in [2.05, 4.69) is 25.5 Å². The molecule has 0 bridgehead atoms. The summed E-state index contributed by atoms with van der Waals surface area (Å²) in [5.74, 6) is 1.47. The van der Waals surface area contributed by atoms with Crippen LogP contribution in [0.4, 0.5) is 17.5 Å². The smallest absolute Gasteiger partial charge is 0.227 e. The Morgan fingerprint density at radius 1 is 1.30 bits per heavy atom. The number of carbonyl (C=O) groups excluding carboxylic acids is 1. The van der Waals surface area contributed by atoms with Crippen molar-refractivity contribution in [2.75, 3.05) is 43.6 Å². The van der Waals surface area contributed by atoms with Crippen LogP contribution in [0.5, 0.6) is 0 Å². The van der Waals surface area contributed by atoms with Crippen LogP contribution in [0.2, 0.25) is 5.02 Å². The summed E-state index contributed by atoms with van der Waals surface area (Å²) < 4.78 is 4.96. The van der Waals surface area contributed by atoms with Crippen LogP contribution in [-0.2, 0) is 9.53 Å². The highest BCUT2D eigenvalue weighted by atomic mass is 35.5. The van der Waals surface area contributed by atoms with Gasteiger partial charge in [-0.3, -0.25) is 4.79 Å². The molecular weight excluding hydrogens is 366 g/mol. The Bertz CT molecular complexity index is 765. The molecule has 1 aliphatic rings. The minimum atomic E-state index is 0.0301. The fourth-order valence-electron chi connectivity index (χ4n) is 3.03. The average molecular weight is 390 g/mol. The summed E-state index contributed by atoms with van der Waals surface area (Å²) in [4.78, 5) is 23.2. The van der Waals surface area contributed by atoms with Crippen LogP contribution in [0.25, 0.3) is 0 Å². The van der Waals surface area contributed by atoms with Gasteiger partial charge >= 0.3 is 0 Å². The van der Waals surface area contributed by atoms with Gasteiger partial charge in [-0.1, -0.05) is 23.7 Å². The van der Waals surface area contributed by atoms with Gasteiger partial charge in [-0.15, -0.1) is 0 Å². The maximum absolute atomic E-state index is 12.2. The van der Waals surface area contributed by atoms with Crippen molar-refractivity contribution in [1.82, 2.24) is 15.3 Å². The van der Waals surface area contributed by atoms with Crippen molar-refractivity contribution in [2.24, 2.45) is 5.92 Å². The monoisotopic (exact) mass is 389 g/mol. The number of hydrogen-bond donors (Lipinski definition) is 2. The first-order valence-corrected chi connectivity index (χ1v) is 9.41. The molecule has 27 heavy (non-hydrogen) atoms. The number of anilines is 3. The second-order valence-corrected chi connectivity index (χ2v) is 6.80. The highest BCUT2D eigenvalue weighted by Gasteiger charge is 2.26. The van der Waals surface area contributed by atoms with E-state index in [1.54, 1.807) is 13.3 Å². The number of ether oxygens (including phenoxy) is 1. The molecule has 3 rings (SSSR count). The van der Waals surface area contributed by atoms with Gasteiger partial charge in [0.05, 0.1) is 17.3 Å². The van der Waals surface area contributed by atoms with Crippen molar-refractivity contribution < 1.29 is 9.53 Å². The molecular formula is C19H24ClN5O2. The lowest BCUT2D eigenvalue weighted by Crippen LogP contribution is -2.41. The van der Waals surface area contributed by atoms with E-state index < -0.39 is 0 Å². The number of nitrogens with zero attached hydrogens (tertiary/aromatic N) is 3. The van der Waals surface area contributed by atoms with Gasteiger partial charge in [0, 0.05) is 38.9 Å². The third-order valence-corrected chi connectivity index (χ3v) is 4.86. The van der Waals surface area contributed by atoms with Crippen LogP contribution in [0, 0.1) is 5.92 Å². The predicted octanol–water partition coefficient (Wildman–Crippen LogP) is 2.85. The maximum Gasteiger partial charge on any atom is 0.227 e. The molecule has 1 aliphatic heterocycles. The van der Waals surface area contributed by atoms with E-state index in [0.717, 1.165) is 31.6 Å². The predicted molar refractivity (Wildman–Crippen MR) is 107 cm³/mol. The number of para-hydroxylation sites is 1. The maximum atomic E-state index is 12.2. The van der Waals surface area contributed by atoms with Gasteiger partial charge in [-0.25, -0.2) is 4.98 Å². The van der Waals surface area contributed by atoms with Crippen molar-refractivity contribution in [1.29, 1.82) is 0 Å². The molecule has 2 N–H and O–H groups in total. The SMILES string of the molecule is COCCNC(=O)C1CCN(c2nccc(Nc3ccccc3Cl)n2)CC1. The molecule has 1 aromatic heterocycles. The molecule has 7 nitrogen and oxygen atoms in total. The number of methoxy groups -OCH3 is 1. The van der Waals surface area contributed by atoms with Crippen molar-refractivity contribution in [3.8, 4) is 0 Å². The second-order valence-electron chi connectivity index (χ2n) is 6.39. The van der Waals surface area contributed by atoms with E-state index in [1.165, 1.54) is 0 Å². The van der Waals surface area contributed by atoms with E-state index in [9.17, 15) is 4.79 Å². The van der Waals surface area contributed by atoms with Crippen molar-refractivity contribution >= 4 is 35.0 Å². The van der Waals surface area contributed by atoms with E-state index in [0.29, 0.717) is 29.9 Å². The third-order valence-electron chi connectivity index (χ3n) is 4.53. The Labute approximate surface area is 164 Å². The number of nitrogens with one attached hydrogen (secondary N) is 2. The van der Waals surface area contributed by atoms with Crippen LogP contribution in [0.3, 0.4) is 0 Å². The van der Waals surface area contributed by atoms with Gasteiger partial charge in [0.15, 0.2) is 0 Å². The highest BCUT2D eigenvalue weighted by Crippen LogP contribution is 2.25. The van der Waals surface area contributed by atoms with E-state index in [-0.39, 0.29) is 11.8 Å². The molecule has 0 unspecified atom stereocenters. The summed E-state index contributed by atoms with van der Waals surface area (Å²) in [6, 6.07) is 9.34. The third kappa shape index (κ3) is 5.30. The Morgan fingerprint density at radius 2 is 2.07 bits per heavy atom. The fourth-order valence-corrected chi connectivity index (χ4v) is 3.22. The van der Waals surface area contributed by atoms with Crippen LogP contribution in [-0.4, -0.2) is 49.2 Å². The van der Waals surface area contributed by atoms with Crippen LogP contribution in [0.15, 0.2) is 36.5 Å². The quantitative estimate of drug-likeness (QED) is 0.709. The Balaban J connectivity index is 1.57. The van der Waals surface area contributed by atoms with Crippen molar-refractivity contribution in [3.63, 3.8) is 0 Å². The van der Waals surface area contributed by atoms with Crippen molar-refractivity contribution in [3.05, 3.63) is 41.6 Å². The van der Waals surface area contributed by atoms with Crippen LogP contribution in [0.1, 0.15) is 12.8 Å². The number of benzene rings is 1. The van der Waals surface area contributed by atoms with Gasteiger partial charge in [0.25, 0.3) is 0 Å². The second kappa shape index (κ2) is 9.53. The van der Waals surface area contributed by atoms with E-state index in [1.807, 2.05) is 30.3 Å². The number of aromatic nitrogens is 2. The number of carbonyl (C=O) groups is 1. The first kappa shape index (κ1) is 19.4. The number of piperidine rings is 1. The first-order chi connectivity index (χ1) is 13.2. The topological polar surface area (TPSA) is 79.4 Å². The molecule has 2 aromatic rings. The van der Waals surface area contributed by atoms with Gasteiger partial charge in [-0.2, -0.15) is 4.98 Å². The van der Waals surface area contributed by atoms with Gasteiger partial charge in [-0.05, 0) is 31.0 Å². The molecule has 0 spiro atoms. The fraction of sp³-hybridized carbons (Fsp3) is 0.421. The Hall–Kier alpha value is -2.38. The van der Waals surface area contributed by atoms with Crippen molar-refractivity contribution in [2.45, 2.75) is 12.8 Å².